The molecule has 0 saturated carbocycles. The number of fused-ring (bicyclic) bond motifs is 1. The third kappa shape index (κ3) is 5.64. The van der Waals surface area contributed by atoms with Gasteiger partial charge in [0.25, 0.3) is 0 Å². The lowest BCUT2D eigenvalue weighted by atomic mass is 9.70. The van der Waals surface area contributed by atoms with Gasteiger partial charge in [-0.3, -0.25) is 19.3 Å². The standard InChI is InChI=1S/C29H44BrN3O7/c1-5-8-14-39-28(37)22-23-26(35)33(21(18-34)19(4)7-3)25(29(23)17-20(30)24(22)40-29)27(36)32(9-6-2)11-10-31-12-15-38-16-13-31/h5-6,19-25,34H,1-2,7-18H2,3-4H3/t19-,20?,21-,22+,23-,24+,25?,29?/m0/s1. The summed E-state index contributed by atoms with van der Waals surface area (Å²) in [5, 5.41) is 10.5. The van der Waals surface area contributed by atoms with Crippen LogP contribution in [0.1, 0.15) is 33.1 Å². The molecule has 1 spiro atoms. The lowest BCUT2D eigenvalue weighted by Crippen LogP contribution is -2.60. The van der Waals surface area contributed by atoms with Gasteiger partial charge in [-0.15, -0.1) is 13.2 Å². The molecule has 4 saturated heterocycles. The Morgan fingerprint density at radius 1 is 1.30 bits per heavy atom. The number of halogens is 1. The summed E-state index contributed by atoms with van der Waals surface area (Å²) in [6.07, 6.45) is 4.38. The van der Waals surface area contributed by atoms with Gasteiger partial charge in [0.05, 0.1) is 50.4 Å². The monoisotopic (exact) mass is 625 g/mol. The largest absolute Gasteiger partial charge is 0.465 e. The Labute approximate surface area is 245 Å². The highest BCUT2D eigenvalue weighted by atomic mass is 79.9. The zero-order valence-electron chi connectivity index (χ0n) is 23.7. The quantitative estimate of drug-likeness (QED) is 0.134. The number of likely N-dealkylation sites (tertiary alicyclic amines) is 1. The molecule has 0 aliphatic carbocycles. The second-order valence-electron chi connectivity index (χ2n) is 11.3. The van der Waals surface area contributed by atoms with E-state index in [4.69, 9.17) is 14.2 Å². The maximum Gasteiger partial charge on any atom is 0.312 e. The van der Waals surface area contributed by atoms with Crippen molar-refractivity contribution < 1.29 is 33.7 Å². The summed E-state index contributed by atoms with van der Waals surface area (Å²) < 4.78 is 17.6. The fraction of sp³-hybridized carbons (Fsp3) is 0.759. The molecule has 224 valence electrons. The van der Waals surface area contributed by atoms with E-state index in [0.29, 0.717) is 52.1 Å². The fourth-order valence-corrected chi connectivity index (χ4v) is 7.78. The van der Waals surface area contributed by atoms with Gasteiger partial charge in [0.15, 0.2) is 0 Å². The third-order valence-corrected chi connectivity index (χ3v) is 9.94. The molecular formula is C29H44BrN3O7. The van der Waals surface area contributed by atoms with Crippen LogP contribution >= 0.6 is 15.9 Å². The van der Waals surface area contributed by atoms with Crippen LogP contribution in [0.15, 0.2) is 25.3 Å². The van der Waals surface area contributed by atoms with Crippen LogP contribution in [0.5, 0.6) is 0 Å². The average Bonchev–Trinajstić information content (AvgIpc) is 3.55. The van der Waals surface area contributed by atoms with Gasteiger partial charge in [-0.05, 0) is 18.8 Å². The minimum atomic E-state index is -1.20. The van der Waals surface area contributed by atoms with Crippen LogP contribution in [-0.2, 0) is 28.6 Å². The summed E-state index contributed by atoms with van der Waals surface area (Å²) >= 11 is 3.69. The van der Waals surface area contributed by atoms with Crippen molar-refractivity contribution in [3.8, 4) is 0 Å². The smallest absolute Gasteiger partial charge is 0.312 e. The summed E-state index contributed by atoms with van der Waals surface area (Å²) in [5.74, 6) is -2.84. The van der Waals surface area contributed by atoms with Crippen molar-refractivity contribution in [2.24, 2.45) is 17.8 Å². The number of esters is 1. The second-order valence-corrected chi connectivity index (χ2v) is 12.5. The van der Waals surface area contributed by atoms with Gasteiger partial charge < -0.3 is 29.1 Å². The number of rotatable bonds is 14. The molecule has 4 heterocycles. The van der Waals surface area contributed by atoms with E-state index in [1.54, 1.807) is 22.0 Å². The molecular weight excluding hydrogens is 582 g/mol. The Morgan fingerprint density at radius 3 is 2.65 bits per heavy atom. The number of hydrogen-bond acceptors (Lipinski definition) is 8. The van der Waals surface area contributed by atoms with E-state index in [1.807, 2.05) is 13.8 Å². The van der Waals surface area contributed by atoms with E-state index in [-0.39, 0.29) is 35.8 Å². The van der Waals surface area contributed by atoms with E-state index in [1.165, 1.54) is 0 Å². The van der Waals surface area contributed by atoms with Gasteiger partial charge in [-0.25, -0.2) is 0 Å². The predicted molar refractivity (Wildman–Crippen MR) is 153 cm³/mol. The molecule has 8 atom stereocenters. The molecule has 0 aromatic rings. The van der Waals surface area contributed by atoms with Gasteiger partial charge in [-0.1, -0.05) is 48.4 Å². The number of carbonyl (C=O) groups is 3. The Morgan fingerprint density at radius 2 is 2.02 bits per heavy atom. The van der Waals surface area contributed by atoms with Crippen LogP contribution in [0, 0.1) is 17.8 Å². The Kier molecular flexibility index (Phi) is 10.5. The first kappa shape index (κ1) is 31.2. The molecule has 40 heavy (non-hydrogen) atoms. The highest BCUT2D eigenvalue weighted by molar-refractivity contribution is 9.09. The molecule has 11 heteroatoms. The molecule has 4 aliphatic rings. The molecule has 4 fully saturated rings. The number of hydrogen-bond donors (Lipinski definition) is 1. The maximum atomic E-state index is 14.6. The Hall–Kier alpha value is -1.79. The van der Waals surface area contributed by atoms with Gasteiger partial charge >= 0.3 is 5.97 Å². The van der Waals surface area contributed by atoms with Crippen molar-refractivity contribution in [1.29, 1.82) is 0 Å². The number of aliphatic hydroxyl groups is 1. The maximum absolute atomic E-state index is 14.6. The lowest BCUT2D eigenvalue weighted by Gasteiger charge is -2.41. The summed E-state index contributed by atoms with van der Waals surface area (Å²) in [6, 6.07) is -1.57. The number of alkyl halides is 1. The van der Waals surface area contributed by atoms with Gasteiger partial charge in [0.1, 0.15) is 11.6 Å². The third-order valence-electron chi connectivity index (χ3n) is 9.10. The molecule has 2 bridgehead atoms. The minimum Gasteiger partial charge on any atom is -0.465 e. The van der Waals surface area contributed by atoms with Crippen molar-refractivity contribution in [1.82, 2.24) is 14.7 Å². The van der Waals surface area contributed by atoms with E-state index in [9.17, 15) is 19.5 Å². The van der Waals surface area contributed by atoms with E-state index >= 15 is 0 Å². The van der Waals surface area contributed by atoms with Crippen molar-refractivity contribution in [2.45, 2.75) is 61.7 Å². The van der Waals surface area contributed by atoms with E-state index in [0.717, 1.165) is 13.1 Å². The van der Waals surface area contributed by atoms with Crippen LogP contribution in [0.3, 0.4) is 0 Å². The molecule has 0 radical (unpaired) electrons. The van der Waals surface area contributed by atoms with Crippen LogP contribution < -0.4 is 0 Å². The molecule has 0 aromatic carbocycles. The average molecular weight is 627 g/mol. The first-order valence-electron chi connectivity index (χ1n) is 14.5. The summed E-state index contributed by atoms with van der Waals surface area (Å²) in [6.45, 7) is 15.7. The summed E-state index contributed by atoms with van der Waals surface area (Å²) in [5.41, 5.74) is -1.20. The molecule has 4 rings (SSSR count). The van der Waals surface area contributed by atoms with Crippen molar-refractivity contribution in [3.05, 3.63) is 25.3 Å². The number of nitrogens with zero attached hydrogens (tertiary/aromatic N) is 3. The summed E-state index contributed by atoms with van der Waals surface area (Å²) in [7, 11) is 0. The van der Waals surface area contributed by atoms with Crippen LogP contribution in [0.25, 0.3) is 0 Å². The molecule has 3 unspecified atom stereocenters. The highest BCUT2D eigenvalue weighted by Gasteiger charge is 2.77. The topological polar surface area (TPSA) is 109 Å². The number of morpholine rings is 1. The normalized spacial score (nSPS) is 33.0. The Balaban J connectivity index is 1.70. The lowest BCUT2D eigenvalue weighted by molar-refractivity contribution is -0.157. The first-order chi connectivity index (χ1) is 19.2. The number of ether oxygens (including phenoxy) is 3. The zero-order chi connectivity index (χ0) is 29.0. The molecule has 4 aliphatic heterocycles. The van der Waals surface area contributed by atoms with Crippen LogP contribution in [0.4, 0.5) is 0 Å². The van der Waals surface area contributed by atoms with Gasteiger partial charge in [0.2, 0.25) is 11.8 Å². The predicted octanol–water partition coefficient (Wildman–Crippen LogP) is 1.61. The van der Waals surface area contributed by atoms with E-state index < -0.39 is 41.6 Å². The number of aliphatic hydroxyl groups excluding tert-OH is 1. The molecule has 0 aromatic heterocycles. The van der Waals surface area contributed by atoms with Crippen LogP contribution in [-0.4, -0.2) is 125 Å². The zero-order valence-corrected chi connectivity index (χ0v) is 25.3. The number of amides is 2. The van der Waals surface area contributed by atoms with Crippen molar-refractivity contribution in [2.75, 3.05) is 59.2 Å². The second kappa shape index (κ2) is 13.5. The molecule has 10 nitrogen and oxygen atoms in total. The van der Waals surface area contributed by atoms with Crippen LogP contribution in [0.2, 0.25) is 0 Å². The molecule has 2 amide bonds. The van der Waals surface area contributed by atoms with Crippen molar-refractivity contribution in [3.63, 3.8) is 0 Å². The first-order valence-corrected chi connectivity index (χ1v) is 15.4. The van der Waals surface area contributed by atoms with Gasteiger partial charge in [-0.2, -0.15) is 0 Å². The summed E-state index contributed by atoms with van der Waals surface area (Å²) in [4.78, 5) is 47.6. The number of carbonyl (C=O) groups excluding carboxylic acids is 3. The Bertz CT molecular complexity index is 960. The fourth-order valence-electron chi connectivity index (χ4n) is 6.83. The highest BCUT2D eigenvalue weighted by Crippen LogP contribution is 2.61. The van der Waals surface area contributed by atoms with E-state index in [2.05, 4.69) is 34.0 Å². The minimum absolute atomic E-state index is 0.0735. The van der Waals surface area contributed by atoms with Gasteiger partial charge in [0, 0.05) is 37.6 Å². The van der Waals surface area contributed by atoms with Crippen molar-refractivity contribution >= 4 is 33.7 Å². The SMILES string of the molecule is C=CCCOC(=O)[C@H]1[C@@H]2OC3(CC2Br)C(C(=O)N(CC=C)CCN2CCOCC2)N([C@@H](CO)[C@@H](C)CC)C(=O)[C@H]13. The molecule has 1 N–H and O–H groups in total.